The Hall–Kier alpha value is -1.73. The second-order valence-electron chi connectivity index (χ2n) is 6.67. The summed E-state index contributed by atoms with van der Waals surface area (Å²) in [6.45, 7) is 0. The van der Waals surface area contributed by atoms with Gasteiger partial charge in [-0.2, -0.15) is 0 Å². The van der Waals surface area contributed by atoms with Gasteiger partial charge in [0.25, 0.3) is 0 Å². The molecule has 0 N–H and O–H groups in total. The smallest absolute Gasteiger partial charge is 1.00 e. The van der Waals surface area contributed by atoms with Gasteiger partial charge < -0.3 is 2.85 Å². The van der Waals surface area contributed by atoms with Crippen molar-refractivity contribution in [2.45, 2.75) is 25.7 Å². The molecule has 0 atom stereocenters. The third kappa shape index (κ3) is 4.27. The van der Waals surface area contributed by atoms with Crippen LogP contribution >= 0.6 is 0 Å². The molecule has 1 heteroatoms. The third-order valence-corrected chi connectivity index (χ3v) is 10.8. The van der Waals surface area contributed by atoms with Gasteiger partial charge in [0.15, 0.2) is 0 Å². The minimum Gasteiger partial charge on any atom is -1.00 e. The van der Waals surface area contributed by atoms with E-state index in [4.69, 9.17) is 0 Å². The molecule has 4 rings (SSSR count). The number of hydrogen-bond acceptors (Lipinski definition) is 0. The van der Waals surface area contributed by atoms with Crippen molar-refractivity contribution in [1.29, 1.82) is 0 Å². The summed E-state index contributed by atoms with van der Waals surface area (Å²) in [6, 6.07) is 21.8. The van der Waals surface area contributed by atoms with Gasteiger partial charge in [-0.15, -0.1) is 0 Å². The molecular formula is C24H24Hf. The van der Waals surface area contributed by atoms with Crippen LogP contribution in [0.15, 0.2) is 103 Å². The van der Waals surface area contributed by atoms with Crippen LogP contribution in [0.3, 0.4) is 0 Å². The standard InChI is InChI=1S/2C12H11.Hf.2H/c2*1-2-6-11(7-3-1)10-12-8-4-5-9-12;;;/h2*1-4,6-8H,5,10H2;;;/q;;+2;2*-1. The van der Waals surface area contributed by atoms with E-state index in [1.165, 1.54) is 24.0 Å². The van der Waals surface area contributed by atoms with Crippen LogP contribution < -0.4 is 0 Å². The van der Waals surface area contributed by atoms with Gasteiger partial charge in [-0.25, -0.2) is 0 Å². The number of allylic oxidation sites excluding steroid dienone is 8. The minimum atomic E-state index is -0.911. The number of hydrogen-bond donors (Lipinski definition) is 0. The molecule has 0 unspecified atom stereocenters. The largest absolute Gasteiger partial charge is 1.00 e. The number of benzene rings is 2. The van der Waals surface area contributed by atoms with Crippen molar-refractivity contribution in [1.82, 2.24) is 0 Å². The summed E-state index contributed by atoms with van der Waals surface area (Å²) in [5.41, 5.74) is 6.09. The van der Waals surface area contributed by atoms with Crippen molar-refractivity contribution in [3.63, 3.8) is 0 Å². The van der Waals surface area contributed by atoms with Crippen LogP contribution in [0, 0.1) is 0 Å². The molecule has 2 aliphatic rings. The Bertz CT molecular complexity index is 788. The van der Waals surface area contributed by atoms with Crippen LogP contribution in [-0.4, -0.2) is 0 Å². The summed E-state index contributed by atoms with van der Waals surface area (Å²) in [5.74, 6) is 0. The van der Waals surface area contributed by atoms with E-state index < -0.39 is 22.9 Å². The summed E-state index contributed by atoms with van der Waals surface area (Å²) in [5, 5.41) is 0. The Morgan fingerprint density at radius 2 is 1.08 bits per heavy atom. The molecule has 0 saturated heterocycles. The Balaban J connectivity index is 0.00000131. The van der Waals surface area contributed by atoms with Crippen LogP contribution in [-0.2, 0) is 35.7 Å². The first kappa shape index (κ1) is 16.7. The van der Waals surface area contributed by atoms with Crippen molar-refractivity contribution in [3.05, 3.63) is 114 Å². The SMILES string of the molecule is C1=CC(Cc2ccccc2)=[C]([Hf+2][C]2=C(Cc3ccccc3)C=CC2)C1.[H-].[H-]. The molecule has 2 aromatic carbocycles. The zero-order valence-corrected chi connectivity index (χ0v) is 18.0. The van der Waals surface area contributed by atoms with Gasteiger partial charge in [-0.1, -0.05) is 0 Å². The van der Waals surface area contributed by atoms with E-state index in [0.717, 1.165) is 12.8 Å². The van der Waals surface area contributed by atoms with Crippen LogP contribution in [0.1, 0.15) is 26.8 Å². The summed E-state index contributed by atoms with van der Waals surface area (Å²) in [6.07, 6.45) is 14.1. The Morgan fingerprint density at radius 3 is 1.52 bits per heavy atom. The molecular weight excluding hydrogens is 467 g/mol. The quantitative estimate of drug-likeness (QED) is 0.422. The van der Waals surface area contributed by atoms with E-state index in [2.05, 4.69) is 85.0 Å². The average Bonchev–Trinajstić information content (AvgIpc) is 3.27. The fraction of sp³-hybridized carbons (Fsp3) is 0.167. The fourth-order valence-electron chi connectivity index (χ4n) is 3.51. The van der Waals surface area contributed by atoms with E-state index in [-0.39, 0.29) is 2.85 Å². The molecule has 2 aromatic rings. The molecule has 0 saturated carbocycles. The maximum Gasteiger partial charge on any atom is -1.00 e. The summed E-state index contributed by atoms with van der Waals surface area (Å²) < 4.78 is 3.60. The summed E-state index contributed by atoms with van der Waals surface area (Å²) in [4.78, 5) is 0. The van der Waals surface area contributed by atoms with Crippen LogP contribution in [0.2, 0.25) is 0 Å². The van der Waals surface area contributed by atoms with E-state index in [9.17, 15) is 0 Å². The molecule has 0 fully saturated rings. The minimum absolute atomic E-state index is 0. The molecule has 0 spiro atoms. The zero-order chi connectivity index (χ0) is 16.9. The Labute approximate surface area is 165 Å². The maximum absolute atomic E-state index is 2.38. The van der Waals surface area contributed by atoms with Gasteiger partial charge in [-0.05, 0) is 0 Å². The fourth-order valence-corrected chi connectivity index (χ4v) is 8.79. The van der Waals surface area contributed by atoms with Gasteiger partial charge in [0.05, 0.1) is 0 Å². The molecule has 124 valence electrons. The van der Waals surface area contributed by atoms with E-state index in [1.54, 1.807) is 17.8 Å². The van der Waals surface area contributed by atoms with Crippen molar-refractivity contribution in [2.24, 2.45) is 0 Å². The molecule has 2 aliphatic carbocycles. The average molecular weight is 491 g/mol. The second-order valence-corrected chi connectivity index (χ2v) is 11.9. The van der Waals surface area contributed by atoms with E-state index in [1.807, 2.05) is 0 Å². The van der Waals surface area contributed by atoms with Gasteiger partial charge in [0.2, 0.25) is 0 Å². The van der Waals surface area contributed by atoms with Crippen molar-refractivity contribution < 1.29 is 25.8 Å². The topological polar surface area (TPSA) is 0 Å². The van der Waals surface area contributed by atoms with Crippen molar-refractivity contribution in [3.8, 4) is 0 Å². The van der Waals surface area contributed by atoms with Gasteiger partial charge in [-0.3, -0.25) is 0 Å². The van der Waals surface area contributed by atoms with Gasteiger partial charge >= 0.3 is 162 Å². The molecule has 0 heterocycles. The van der Waals surface area contributed by atoms with Gasteiger partial charge in [0.1, 0.15) is 0 Å². The second kappa shape index (κ2) is 8.10. The van der Waals surface area contributed by atoms with E-state index in [0.29, 0.717) is 0 Å². The first-order chi connectivity index (χ1) is 12.4. The van der Waals surface area contributed by atoms with Crippen LogP contribution in [0.4, 0.5) is 0 Å². The molecule has 25 heavy (non-hydrogen) atoms. The molecule has 0 bridgehead atoms. The Kier molecular flexibility index (Phi) is 5.42. The predicted molar refractivity (Wildman–Crippen MR) is 104 cm³/mol. The monoisotopic (exact) mass is 492 g/mol. The normalized spacial score (nSPS) is 16.0. The van der Waals surface area contributed by atoms with Crippen molar-refractivity contribution in [2.75, 3.05) is 0 Å². The van der Waals surface area contributed by atoms with Crippen LogP contribution in [0.5, 0.6) is 0 Å². The first-order valence-electron chi connectivity index (χ1n) is 9.00. The van der Waals surface area contributed by atoms with Crippen molar-refractivity contribution >= 4 is 0 Å². The summed E-state index contributed by atoms with van der Waals surface area (Å²) in [7, 11) is 0. The maximum atomic E-state index is 2.38. The van der Waals surface area contributed by atoms with E-state index >= 15 is 0 Å². The van der Waals surface area contributed by atoms with Gasteiger partial charge in [0, 0.05) is 0 Å². The zero-order valence-electron chi connectivity index (χ0n) is 16.4. The van der Waals surface area contributed by atoms with Crippen LogP contribution in [0.25, 0.3) is 0 Å². The molecule has 0 amide bonds. The molecule has 0 aromatic heterocycles. The predicted octanol–water partition coefficient (Wildman–Crippen LogP) is 6.21. The summed E-state index contributed by atoms with van der Waals surface area (Å²) >= 11 is -0.911. The number of rotatable bonds is 6. The third-order valence-electron chi connectivity index (χ3n) is 4.83. The molecule has 0 nitrogen and oxygen atoms in total. The molecule has 0 radical (unpaired) electrons. The first-order valence-corrected chi connectivity index (χ1v) is 12.6. The Morgan fingerprint density at radius 1 is 0.640 bits per heavy atom. The molecule has 0 aliphatic heterocycles.